The number of piperidine rings is 1. The minimum atomic E-state index is -0.610. The van der Waals surface area contributed by atoms with Crippen LogP contribution in [0, 0.1) is 5.92 Å². The van der Waals surface area contributed by atoms with E-state index in [1.807, 2.05) is 0 Å². The molecule has 4 nitrogen and oxygen atoms in total. The van der Waals surface area contributed by atoms with Crippen molar-refractivity contribution in [1.82, 2.24) is 4.90 Å². The first-order valence-corrected chi connectivity index (χ1v) is 7.14. The van der Waals surface area contributed by atoms with Gasteiger partial charge in [0.25, 0.3) is 0 Å². The molecule has 1 aliphatic carbocycles. The summed E-state index contributed by atoms with van der Waals surface area (Å²) < 4.78 is 5.43. The molecule has 0 aromatic heterocycles. The fourth-order valence-corrected chi connectivity index (χ4v) is 3.65. The molecule has 0 radical (unpaired) electrons. The van der Waals surface area contributed by atoms with Gasteiger partial charge in [-0.2, -0.15) is 0 Å². The molecule has 1 saturated heterocycles. The summed E-state index contributed by atoms with van der Waals surface area (Å²) in [4.78, 5) is 13.8. The average molecular weight is 255 g/mol. The van der Waals surface area contributed by atoms with Crippen LogP contribution in [-0.4, -0.2) is 47.8 Å². The van der Waals surface area contributed by atoms with Crippen molar-refractivity contribution in [3.05, 3.63) is 0 Å². The maximum Gasteiger partial charge on any atom is 0.308 e. The zero-order chi connectivity index (χ0) is 13.1. The van der Waals surface area contributed by atoms with Gasteiger partial charge in [-0.25, -0.2) is 0 Å². The second-order valence-corrected chi connectivity index (χ2v) is 5.77. The lowest BCUT2D eigenvalue weighted by atomic mass is 9.81. The summed E-state index contributed by atoms with van der Waals surface area (Å²) in [7, 11) is 1.77. The molecule has 4 atom stereocenters. The van der Waals surface area contributed by atoms with Crippen LogP contribution in [0.4, 0.5) is 0 Å². The molecule has 4 unspecified atom stereocenters. The lowest BCUT2D eigenvalue weighted by molar-refractivity contribution is -0.147. The van der Waals surface area contributed by atoms with E-state index in [2.05, 4.69) is 11.8 Å². The highest BCUT2D eigenvalue weighted by atomic mass is 16.5. The topological polar surface area (TPSA) is 49.8 Å². The van der Waals surface area contributed by atoms with Crippen molar-refractivity contribution in [2.45, 2.75) is 63.6 Å². The first-order valence-electron chi connectivity index (χ1n) is 7.14. The Morgan fingerprint density at radius 3 is 2.61 bits per heavy atom. The quantitative estimate of drug-likeness (QED) is 0.839. The van der Waals surface area contributed by atoms with Gasteiger partial charge in [-0.1, -0.05) is 12.8 Å². The first-order chi connectivity index (χ1) is 8.63. The zero-order valence-corrected chi connectivity index (χ0v) is 11.5. The van der Waals surface area contributed by atoms with Crippen LogP contribution in [0.25, 0.3) is 0 Å². The third-order valence-corrected chi connectivity index (χ3v) is 4.69. The Morgan fingerprint density at radius 2 is 2.00 bits per heavy atom. The van der Waals surface area contributed by atoms with Crippen molar-refractivity contribution >= 4 is 5.97 Å². The number of hydrogen-bond acceptors (Lipinski definition) is 3. The van der Waals surface area contributed by atoms with E-state index in [4.69, 9.17) is 4.74 Å². The number of aliphatic carboxylic acids is 1. The Hall–Kier alpha value is -0.610. The number of hydrogen-bond donors (Lipinski definition) is 1. The summed E-state index contributed by atoms with van der Waals surface area (Å²) >= 11 is 0. The molecule has 0 aromatic rings. The number of methoxy groups -OCH3 is 1. The second kappa shape index (κ2) is 6.02. The SMILES string of the molecule is COC1CCN(C2CCCCC2C(=O)O)C(C)C1. The standard InChI is InChI=1S/C14H25NO3/c1-10-9-11(18-2)7-8-15(10)13-6-4-3-5-12(13)14(16)17/h10-13H,3-9H2,1-2H3,(H,16,17). The minimum absolute atomic E-state index is 0.166. The Balaban J connectivity index is 2.02. The highest BCUT2D eigenvalue weighted by Gasteiger charge is 2.38. The normalized spacial score (nSPS) is 38.6. The van der Waals surface area contributed by atoms with E-state index in [1.165, 1.54) is 6.42 Å². The highest BCUT2D eigenvalue weighted by molar-refractivity contribution is 5.71. The van der Waals surface area contributed by atoms with Crippen LogP contribution in [-0.2, 0) is 9.53 Å². The van der Waals surface area contributed by atoms with Gasteiger partial charge < -0.3 is 9.84 Å². The highest BCUT2D eigenvalue weighted by Crippen LogP contribution is 2.33. The molecule has 0 aromatic carbocycles. The van der Waals surface area contributed by atoms with Gasteiger partial charge in [0.2, 0.25) is 0 Å². The molecule has 104 valence electrons. The maximum atomic E-state index is 11.4. The van der Waals surface area contributed by atoms with Crippen molar-refractivity contribution in [3.63, 3.8) is 0 Å². The Labute approximate surface area is 109 Å². The van der Waals surface area contributed by atoms with Gasteiger partial charge in [-0.15, -0.1) is 0 Å². The fraction of sp³-hybridized carbons (Fsp3) is 0.929. The van der Waals surface area contributed by atoms with Crippen LogP contribution in [0.15, 0.2) is 0 Å². The smallest absolute Gasteiger partial charge is 0.308 e. The Bertz CT molecular complexity index is 295. The van der Waals surface area contributed by atoms with E-state index in [9.17, 15) is 9.90 Å². The number of likely N-dealkylation sites (tertiary alicyclic amines) is 1. The van der Waals surface area contributed by atoms with Gasteiger partial charge in [-0.3, -0.25) is 9.69 Å². The molecular formula is C14H25NO3. The van der Waals surface area contributed by atoms with Gasteiger partial charge in [0, 0.05) is 25.7 Å². The van der Waals surface area contributed by atoms with Crippen LogP contribution in [0.2, 0.25) is 0 Å². The van der Waals surface area contributed by atoms with Crippen molar-refractivity contribution in [2.75, 3.05) is 13.7 Å². The number of rotatable bonds is 3. The van der Waals surface area contributed by atoms with E-state index in [0.29, 0.717) is 12.1 Å². The predicted molar refractivity (Wildman–Crippen MR) is 69.6 cm³/mol. The minimum Gasteiger partial charge on any atom is -0.481 e. The van der Waals surface area contributed by atoms with Crippen LogP contribution in [0.1, 0.15) is 45.4 Å². The number of ether oxygens (including phenoxy) is 1. The van der Waals surface area contributed by atoms with Crippen LogP contribution >= 0.6 is 0 Å². The van der Waals surface area contributed by atoms with Crippen LogP contribution in [0.3, 0.4) is 0 Å². The number of carbonyl (C=O) groups is 1. The molecule has 18 heavy (non-hydrogen) atoms. The van der Waals surface area contributed by atoms with E-state index in [-0.39, 0.29) is 12.0 Å². The summed E-state index contributed by atoms with van der Waals surface area (Å²) in [5.74, 6) is -0.777. The molecule has 0 amide bonds. The molecule has 1 aliphatic heterocycles. The van der Waals surface area contributed by atoms with E-state index in [0.717, 1.165) is 38.6 Å². The van der Waals surface area contributed by atoms with Gasteiger partial charge in [0.05, 0.1) is 12.0 Å². The van der Waals surface area contributed by atoms with Gasteiger partial charge in [0.1, 0.15) is 0 Å². The lowest BCUT2D eigenvalue weighted by Gasteiger charge is -2.45. The third-order valence-electron chi connectivity index (χ3n) is 4.69. The van der Waals surface area contributed by atoms with Crippen molar-refractivity contribution in [1.29, 1.82) is 0 Å². The monoisotopic (exact) mass is 255 g/mol. The molecule has 0 spiro atoms. The largest absolute Gasteiger partial charge is 0.481 e. The van der Waals surface area contributed by atoms with Crippen molar-refractivity contribution < 1.29 is 14.6 Å². The third kappa shape index (κ3) is 2.86. The molecule has 1 N–H and O–H groups in total. The molecule has 4 heteroatoms. The van der Waals surface area contributed by atoms with E-state index >= 15 is 0 Å². The van der Waals surface area contributed by atoms with Gasteiger partial charge in [-0.05, 0) is 32.6 Å². The summed E-state index contributed by atoms with van der Waals surface area (Å²) in [6, 6.07) is 0.678. The summed E-state index contributed by atoms with van der Waals surface area (Å²) in [6.07, 6.45) is 6.53. The van der Waals surface area contributed by atoms with Crippen molar-refractivity contribution in [3.8, 4) is 0 Å². The summed E-state index contributed by atoms with van der Waals surface area (Å²) in [5, 5.41) is 9.37. The Kier molecular flexibility index (Phi) is 4.62. The molecule has 2 rings (SSSR count). The van der Waals surface area contributed by atoms with Crippen LogP contribution in [0.5, 0.6) is 0 Å². The van der Waals surface area contributed by atoms with Gasteiger partial charge >= 0.3 is 5.97 Å². The lowest BCUT2D eigenvalue weighted by Crippen LogP contribution is -2.53. The Morgan fingerprint density at radius 1 is 1.28 bits per heavy atom. The molecule has 0 bridgehead atoms. The molecule has 2 fully saturated rings. The maximum absolute atomic E-state index is 11.4. The molecule has 2 aliphatic rings. The molecular weight excluding hydrogens is 230 g/mol. The molecule has 1 saturated carbocycles. The zero-order valence-electron chi connectivity index (χ0n) is 11.5. The number of carboxylic acid groups (broad SMARTS) is 1. The van der Waals surface area contributed by atoms with Crippen molar-refractivity contribution in [2.24, 2.45) is 5.92 Å². The molecule has 1 heterocycles. The van der Waals surface area contributed by atoms with Gasteiger partial charge in [0.15, 0.2) is 0 Å². The first kappa shape index (κ1) is 13.8. The van der Waals surface area contributed by atoms with Crippen LogP contribution < -0.4 is 0 Å². The number of carboxylic acids is 1. The summed E-state index contributed by atoms with van der Waals surface area (Å²) in [6.45, 7) is 3.19. The fourth-order valence-electron chi connectivity index (χ4n) is 3.65. The average Bonchev–Trinajstić information content (AvgIpc) is 2.38. The second-order valence-electron chi connectivity index (χ2n) is 5.77. The van der Waals surface area contributed by atoms with E-state index < -0.39 is 5.97 Å². The van der Waals surface area contributed by atoms with E-state index in [1.54, 1.807) is 7.11 Å². The number of nitrogens with zero attached hydrogens (tertiary/aromatic N) is 1. The summed E-state index contributed by atoms with van der Waals surface area (Å²) in [5.41, 5.74) is 0. The predicted octanol–water partition coefficient (Wildman–Crippen LogP) is 2.13.